The van der Waals surface area contributed by atoms with Crippen LogP contribution in [0, 0.1) is 0 Å². The molecule has 0 fully saturated rings. The number of rotatable bonds is 3. The van der Waals surface area contributed by atoms with E-state index in [2.05, 4.69) is 10.5 Å². The number of hydrogen-bond donors (Lipinski definition) is 1. The van der Waals surface area contributed by atoms with E-state index in [1.807, 2.05) is 42.5 Å². The topological polar surface area (TPSA) is 67.6 Å². The first-order chi connectivity index (χ1) is 12.1. The molecule has 2 heterocycles. The second kappa shape index (κ2) is 5.98. The van der Waals surface area contributed by atoms with E-state index in [0.29, 0.717) is 11.4 Å². The van der Waals surface area contributed by atoms with Crippen LogP contribution in [0.15, 0.2) is 64.9 Å². The van der Waals surface area contributed by atoms with Gasteiger partial charge in [0.1, 0.15) is 18.1 Å². The van der Waals surface area contributed by atoms with Crippen LogP contribution >= 0.6 is 0 Å². The Labute approximate surface area is 145 Å². The highest BCUT2D eigenvalue weighted by atomic mass is 16.5. The highest BCUT2D eigenvalue weighted by molar-refractivity contribution is 6.00. The molecule has 0 saturated heterocycles. The molecule has 0 bridgehead atoms. The van der Waals surface area contributed by atoms with Gasteiger partial charge in [-0.3, -0.25) is 4.79 Å². The maximum atomic E-state index is 12.3. The number of benzene rings is 1. The quantitative estimate of drug-likeness (QED) is 0.933. The minimum atomic E-state index is -0.194. The summed E-state index contributed by atoms with van der Waals surface area (Å²) >= 11 is 0. The van der Waals surface area contributed by atoms with Crippen molar-refractivity contribution in [2.45, 2.75) is 6.10 Å². The summed E-state index contributed by atoms with van der Waals surface area (Å²) in [6, 6.07) is 7.58. The van der Waals surface area contributed by atoms with Crippen LogP contribution in [0.3, 0.4) is 0 Å². The van der Waals surface area contributed by atoms with Crippen LogP contribution in [-0.2, 0) is 4.79 Å². The Morgan fingerprint density at radius 1 is 1.28 bits per heavy atom. The number of aromatic nitrogens is 1. The van der Waals surface area contributed by atoms with Gasteiger partial charge in [-0.1, -0.05) is 11.2 Å². The molecule has 1 aromatic carbocycles. The first kappa shape index (κ1) is 15.3. The number of nitrogens with one attached hydrogen (secondary N) is 1. The van der Waals surface area contributed by atoms with Crippen LogP contribution in [0.5, 0.6) is 5.75 Å². The third-order valence-corrected chi connectivity index (χ3v) is 4.09. The van der Waals surface area contributed by atoms with E-state index in [1.54, 1.807) is 25.1 Å². The molecule has 25 heavy (non-hydrogen) atoms. The lowest BCUT2D eigenvalue weighted by molar-refractivity contribution is -0.124. The van der Waals surface area contributed by atoms with Gasteiger partial charge in [0.2, 0.25) is 0 Å². The van der Waals surface area contributed by atoms with Crippen molar-refractivity contribution < 1.29 is 14.1 Å². The Morgan fingerprint density at radius 3 is 2.92 bits per heavy atom. The Hall–Kier alpha value is -3.28. The van der Waals surface area contributed by atoms with Gasteiger partial charge >= 0.3 is 0 Å². The van der Waals surface area contributed by atoms with Crippen molar-refractivity contribution in [2.75, 3.05) is 19.4 Å². The average Bonchev–Trinajstić information content (AvgIpc) is 3.16. The maximum absolute atomic E-state index is 12.3. The number of anilines is 2. The predicted octanol–water partition coefficient (Wildman–Crippen LogP) is 3.15. The number of ether oxygens (including phenoxy) is 1. The molecule has 6 heteroatoms. The first-order valence-corrected chi connectivity index (χ1v) is 7.92. The second-order valence-electron chi connectivity index (χ2n) is 6.07. The summed E-state index contributed by atoms with van der Waals surface area (Å²) in [5.74, 6) is 1.39. The molecule has 4 rings (SSSR count). The van der Waals surface area contributed by atoms with Gasteiger partial charge in [-0.2, -0.15) is 0 Å². The fourth-order valence-corrected chi connectivity index (χ4v) is 2.88. The van der Waals surface area contributed by atoms with Gasteiger partial charge in [-0.05, 0) is 36.4 Å². The molecular weight excluding hydrogens is 318 g/mol. The Kier molecular flexibility index (Phi) is 3.65. The van der Waals surface area contributed by atoms with E-state index in [-0.39, 0.29) is 12.0 Å². The van der Waals surface area contributed by atoms with Gasteiger partial charge in [0.15, 0.2) is 5.82 Å². The third-order valence-electron chi connectivity index (χ3n) is 4.09. The van der Waals surface area contributed by atoms with Crippen LogP contribution < -0.4 is 10.1 Å². The lowest BCUT2D eigenvalue weighted by Crippen LogP contribution is -2.22. The van der Waals surface area contributed by atoms with Gasteiger partial charge in [-0.25, -0.2) is 0 Å². The molecule has 126 valence electrons. The number of likely N-dealkylation sites (N-methyl/N-ethyl adjacent to an activating group) is 1. The van der Waals surface area contributed by atoms with E-state index < -0.39 is 0 Å². The lowest BCUT2D eigenvalue weighted by atomic mass is 10.00. The fourth-order valence-electron chi connectivity index (χ4n) is 2.88. The number of fused-ring (bicyclic) bond motifs is 3. The zero-order valence-electron chi connectivity index (χ0n) is 13.9. The zero-order valence-corrected chi connectivity index (χ0v) is 13.9. The zero-order chi connectivity index (χ0) is 17.4. The van der Waals surface area contributed by atoms with Crippen LogP contribution in [0.4, 0.5) is 11.5 Å². The second-order valence-corrected chi connectivity index (χ2v) is 6.07. The van der Waals surface area contributed by atoms with Crippen molar-refractivity contribution in [3.05, 3.63) is 66.0 Å². The molecule has 1 aliphatic carbocycles. The standard InChI is InChI=1S/C19H17N3O3/c1-22(2)19(23)12-4-3-5-16-14(10-12)15-11-13(6-7-17(15)25-16)20-18-8-9-24-21-18/h3-11,16H,1-2H3,(H,20,21). The normalized spacial score (nSPS) is 17.6. The Balaban J connectivity index is 1.71. The van der Waals surface area contributed by atoms with Crippen molar-refractivity contribution in [1.29, 1.82) is 0 Å². The van der Waals surface area contributed by atoms with E-state index >= 15 is 0 Å². The maximum Gasteiger partial charge on any atom is 0.253 e. The van der Waals surface area contributed by atoms with Gasteiger partial charge in [0.25, 0.3) is 5.91 Å². The molecule has 0 radical (unpaired) electrons. The summed E-state index contributed by atoms with van der Waals surface area (Å²) in [7, 11) is 3.49. The van der Waals surface area contributed by atoms with Gasteiger partial charge in [-0.15, -0.1) is 0 Å². The summed E-state index contributed by atoms with van der Waals surface area (Å²) in [5.41, 5.74) is 3.43. The third kappa shape index (κ3) is 2.82. The number of hydrogen-bond acceptors (Lipinski definition) is 5. The van der Waals surface area contributed by atoms with E-state index in [4.69, 9.17) is 9.26 Å². The fraction of sp³-hybridized carbons (Fsp3) is 0.158. The monoisotopic (exact) mass is 335 g/mol. The Morgan fingerprint density at radius 2 is 2.16 bits per heavy atom. The number of nitrogens with zero attached hydrogens (tertiary/aromatic N) is 2. The van der Waals surface area contributed by atoms with Crippen molar-refractivity contribution in [1.82, 2.24) is 10.1 Å². The van der Waals surface area contributed by atoms with E-state index in [0.717, 1.165) is 22.6 Å². The number of carbonyl (C=O) groups is 1. The molecule has 1 unspecified atom stereocenters. The number of allylic oxidation sites excluding steroid dienone is 2. The van der Waals surface area contributed by atoms with Crippen LogP contribution in [0.1, 0.15) is 5.56 Å². The highest BCUT2D eigenvalue weighted by Gasteiger charge is 2.29. The summed E-state index contributed by atoms with van der Waals surface area (Å²) < 4.78 is 10.8. The largest absolute Gasteiger partial charge is 0.481 e. The summed E-state index contributed by atoms with van der Waals surface area (Å²) in [6.45, 7) is 0. The van der Waals surface area contributed by atoms with E-state index in [1.165, 1.54) is 6.26 Å². The van der Waals surface area contributed by atoms with Crippen LogP contribution in [0.2, 0.25) is 0 Å². The van der Waals surface area contributed by atoms with Crippen molar-refractivity contribution in [3.8, 4) is 5.75 Å². The summed E-state index contributed by atoms with van der Waals surface area (Å²) in [4.78, 5) is 13.9. The van der Waals surface area contributed by atoms with Gasteiger partial charge < -0.3 is 19.5 Å². The highest BCUT2D eigenvalue weighted by Crippen LogP contribution is 2.41. The predicted molar refractivity (Wildman–Crippen MR) is 94.5 cm³/mol. The van der Waals surface area contributed by atoms with Crippen molar-refractivity contribution in [2.24, 2.45) is 0 Å². The van der Waals surface area contributed by atoms with E-state index in [9.17, 15) is 4.79 Å². The molecular formula is C19H17N3O3. The molecule has 0 saturated carbocycles. The number of carbonyl (C=O) groups excluding carboxylic acids is 1. The Bertz CT molecular complexity index is 908. The molecule has 1 atom stereocenters. The van der Waals surface area contributed by atoms with Crippen molar-refractivity contribution >= 4 is 23.0 Å². The molecule has 6 nitrogen and oxygen atoms in total. The van der Waals surface area contributed by atoms with Gasteiger partial charge in [0.05, 0.1) is 0 Å². The van der Waals surface area contributed by atoms with Crippen LogP contribution in [-0.4, -0.2) is 36.2 Å². The minimum Gasteiger partial charge on any atom is -0.481 e. The first-order valence-electron chi connectivity index (χ1n) is 7.92. The average molecular weight is 335 g/mol. The van der Waals surface area contributed by atoms with Crippen LogP contribution in [0.25, 0.3) is 5.57 Å². The molecule has 2 aromatic rings. The molecule has 1 N–H and O–H groups in total. The number of amides is 1. The molecule has 0 spiro atoms. The van der Waals surface area contributed by atoms with Gasteiger partial charge in [0, 0.05) is 42.6 Å². The minimum absolute atomic E-state index is 0.0388. The smallest absolute Gasteiger partial charge is 0.253 e. The summed E-state index contributed by atoms with van der Waals surface area (Å²) in [5, 5.41) is 7.04. The van der Waals surface area contributed by atoms with Crippen molar-refractivity contribution in [3.63, 3.8) is 0 Å². The molecule has 2 aliphatic rings. The molecule has 1 amide bonds. The lowest BCUT2D eigenvalue weighted by Gasteiger charge is -2.11. The molecule has 1 aliphatic heterocycles. The SMILES string of the molecule is CN(C)C(=O)C1=CC=CC2Oc3ccc(Nc4ccon4)cc3C2=C1. The summed E-state index contributed by atoms with van der Waals surface area (Å²) in [6.07, 6.45) is 8.85. The molecule has 1 aromatic heterocycles.